The third kappa shape index (κ3) is 2.99. The lowest BCUT2D eigenvalue weighted by atomic mass is 9.91. The van der Waals surface area contributed by atoms with Gasteiger partial charge in [-0.05, 0) is 38.8 Å². The Morgan fingerprint density at radius 2 is 2.00 bits per heavy atom. The molecule has 1 N–H and O–H groups in total. The Bertz CT molecular complexity index is 340. The van der Waals surface area contributed by atoms with Crippen LogP contribution in [0.5, 0.6) is 0 Å². The van der Waals surface area contributed by atoms with Crippen molar-refractivity contribution in [1.82, 2.24) is 0 Å². The van der Waals surface area contributed by atoms with Gasteiger partial charge < -0.3 is 5.11 Å². The molecule has 0 aromatic heterocycles. The zero-order valence-corrected chi connectivity index (χ0v) is 9.22. The molecule has 0 aliphatic rings. The SMILES string of the molecule is CC(O)Cc1cccc(F)c1C(C)(C)F. The molecular weight excluding hydrogens is 198 g/mol. The maximum Gasteiger partial charge on any atom is 0.133 e. The molecule has 0 aliphatic heterocycles. The van der Waals surface area contributed by atoms with Crippen LogP contribution in [0.25, 0.3) is 0 Å². The molecule has 0 amide bonds. The van der Waals surface area contributed by atoms with E-state index < -0.39 is 17.6 Å². The van der Waals surface area contributed by atoms with E-state index in [1.165, 1.54) is 26.0 Å². The molecule has 0 saturated heterocycles. The van der Waals surface area contributed by atoms with E-state index in [1.54, 1.807) is 13.0 Å². The number of hydrogen-bond donors (Lipinski definition) is 1. The number of halogens is 2. The predicted octanol–water partition coefficient (Wildman–Crippen LogP) is 2.95. The smallest absolute Gasteiger partial charge is 0.133 e. The van der Waals surface area contributed by atoms with Crippen molar-refractivity contribution in [2.45, 2.75) is 39.0 Å². The fourth-order valence-corrected chi connectivity index (χ4v) is 1.72. The first-order valence-corrected chi connectivity index (χ1v) is 4.97. The molecule has 15 heavy (non-hydrogen) atoms. The van der Waals surface area contributed by atoms with Crippen LogP contribution in [-0.2, 0) is 12.1 Å². The Morgan fingerprint density at radius 3 is 2.47 bits per heavy atom. The normalized spacial score (nSPS) is 14.0. The van der Waals surface area contributed by atoms with Crippen molar-refractivity contribution in [2.75, 3.05) is 0 Å². The second-order valence-electron chi connectivity index (χ2n) is 4.30. The van der Waals surface area contributed by atoms with E-state index in [9.17, 15) is 13.9 Å². The lowest BCUT2D eigenvalue weighted by molar-refractivity contribution is 0.187. The average Bonchev–Trinajstić information content (AvgIpc) is 1.99. The lowest BCUT2D eigenvalue weighted by Crippen LogP contribution is -2.17. The maximum atomic E-state index is 13.8. The second-order valence-corrected chi connectivity index (χ2v) is 4.30. The highest BCUT2D eigenvalue weighted by atomic mass is 19.1. The molecule has 1 atom stereocenters. The summed E-state index contributed by atoms with van der Waals surface area (Å²) in [6.45, 7) is 4.23. The summed E-state index contributed by atoms with van der Waals surface area (Å²) in [5.41, 5.74) is -1.15. The zero-order chi connectivity index (χ0) is 11.6. The fraction of sp³-hybridized carbons (Fsp3) is 0.500. The summed E-state index contributed by atoms with van der Waals surface area (Å²) < 4.78 is 27.2. The standard InChI is InChI=1S/C12H16F2O/c1-8(15)7-9-5-4-6-10(13)11(9)12(2,3)14/h4-6,8,15H,7H2,1-3H3. The van der Waals surface area contributed by atoms with E-state index in [0.717, 1.165) is 0 Å². The monoisotopic (exact) mass is 214 g/mol. The summed E-state index contributed by atoms with van der Waals surface area (Å²) in [4.78, 5) is 0. The Hall–Kier alpha value is -0.960. The summed E-state index contributed by atoms with van der Waals surface area (Å²) in [5.74, 6) is -0.555. The van der Waals surface area contributed by atoms with Crippen molar-refractivity contribution < 1.29 is 13.9 Å². The Balaban J connectivity index is 3.21. The van der Waals surface area contributed by atoms with Gasteiger partial charge in [0.2, 0.25) is 0 Å². The molecule has 1 aromatic carbocycles. The van der Waals surface area contributed by atoms with Gasteiger partial charge in [-0.3, -0.25) is 0 Å². The van der Waals surface area contributed by atoms with E-state index in [4.69, 9.17) is 0 Å². The molecule has 0 spiro atoms. The van der Waals surface area contributed by atoms with Crippen molar-refractivity contribution >= 4 is 0 Å². The Labute approximate surface area is 88.7 Å². The van der Waals surface area contributed by atoms with E-state index in [1.807, 2.05) is 0 Å². The second kappa shape index (κ2) is 4.27. The van der Waals surface area contributed by atoms with E-state index >= 15 is 0 Å². The third-order valence-electron chi connectivity index (χ3n) is 2.21. The third-order valence-corrected chi connectivity index (χ3v) is 2.21. The topological polar surface area (TPSA) is 20.2 Å². The van der Waals surface area contributed by atoms with Crippen molar-refractivity contribution in [1.29, 1.82) is 0 Å². The highest BCUT2D eigenvalue weighted by Crippen LogP contribution is 2.30. The van der Waals surface area contributed by atoms with Gasteiger partial charge >= 0.3 is 0 Å². The first-order valence-electron chi connectivity index (χ1n) is 4.97. The average molecular weight is 214 g/mol. The molecular formula is C12H16F2O. The summed E-state index contributed by atoms with van der Waals surface area (Å²) in [7, 11) is 0. The quantitative estimate of drug-likeness (QED) is 0.820. The van der Waals surface area contributed by atoms with Crippen LogP contribution in [0.4, 0.5) is 8.78 Å². The highest BCUT2D eigenvalue weighted by molar-refractivity contribution is 5.33. The number of aliphatic hydroxyl groups excluding tert-OH is 1. The van der Waals surface area contributed by atoms with Crippen LogP contribution < -0.4 is 0 Å². The first kappa shape index (κ1) is 12.1. The molecule has 0 bridgehead atoms. The minimum Gasteiger partial charge on any atom is -0.393 e. The number of alkyl halides is 1. The maximum absolute atomic E-state index is 13.8. The van der Waals surface area contributed by atoms with Gasteiger partial charge in [0.25, 0.3) is 0 Å². The van der Waals surface area contributed by atoms with Gasteiger partial charge in [0.1, 0.15) is 11.5 Å². The first-order chi connectivity index (χ1) is 6.82. The molecule has 1 aromatic rings. The molecule has 0 radical (unpaired) electrons. The predicted molar refractivity (Wildman–Crippen MR) is 55.9 cm³/mol. The zero-order valence-electron chi connectivity index (χ0n) is 9.22. The van der Waals surface area contributed by atoms with Crippen LogP contribution in [-0.4, -0.2) is 11.2 Å². The minimum absolute atomic E-state index is 0.0471. The van der Waals surface area contributed by atoms with Crippen LogP contribution in [0.1, 0.15) is 31.9 Å². The van der Waals surface area contributed by atoms with Gasteiger partial charge in [-0.2, -0.15) is 0 Å². The molecule has 84 valence electrons. The molecule has 0 saturated carbocycles. The van der Waals surface area contributed by atoms with Gasteiger partial charge in [0.15, 0.2) is 0 Å². The number of benzene rings is 1. The molecule has 0 fully saturated rings. The highest BCUT2D eigenvalue weighted by Gasteiger charge is 2.26. The molecule has 1 nitrogen and oxygen atoms in total. The minimum atomic E-state index is -1.73. The van der Waals surface area contributed by atoms with Gasteiger partial charge in [-0.15, -0.1) is 0 Å². The van der Waals surface area contributed by atoms with Crippen molar-refractivity contribution in [2.24, 2.45) is 0 Å². The summed E-state index contributed by atoms with van der Waals surface area (Å²) in [6, 6.07) is 4.41. The van der Waals surface area contributed by atoms with Crippen LogP contribution in [0.2, 0.25) is 0 Å². The summed E-state index contributed by atoms with van der Waals surface area (Å²) in [5, 5.41) is 9.24. The number of hydrogen-bond acceptors (Lipinski definition) is 1. The summed E-state index contributed by atoms with van der Waals surface area (Å²) >= 11 is 0. The number of aliphatic hydroxyl groups is 1. The van der Waals surface area contributed by atoms with E-state index in [2.05, 4.69) is 0 Å². The number of rotatable bonds is 3. The Morgan fingerprint density at radius 1 is 1.40 bits per heavy atom. The van der Waals surface area contributed by atoms with Crippen LogP contribution in [0, 0.1) is 5.82 Å². The van der Waals surface area contributed by atoms with Crippen molar-refractivity contribution in [3.63, 3.8) is 0 Å². The van der Waals surface area contributed by atoms with Gasteiger partial charge in [-0.1, -0.05) is 12.1 Å². The van der Waals surface area contributed by atoms with Gasteiger partial charge in [0, 0.05) is 5.56 Å². The van der Waals surface area contributed by atoms with Gasteiger partial charge in [-0.25, -0.2) is 8.78 Å². The van der Waals surface area contributed by atoms with Crippen molar-refractivity contribution in [3.05, 3.63) is 35.1 Å². The van der Waals surface area contributed by atoms with Crippen LogP contribution >= 0.6 is 0 Å². The van der Waals surface area contributed by atoms with E-state index in [-0.39, 0.29) is 12.0 Å². The lowest BCUT2D eigenvalue weighted by Gasteiger charge is -2.20. The molecule has 1 unspecified atom stereocenters. The van der Waals surface area contributed by atoms with Crippen molar-refractivity contribution in [3.8, 4) is 0 Å². The molecule has 0 heterocycles. The fourth-order valence-electron chi connectivity index (χ4n) is 1.72. The van der Waals surface area contributed by atoms with Gasteiger partial charge in [0.05, 0.1) is 6.10 Å². The Kier molecular flexibility index (Phi) is 3.45. The van der Waals surface area contributed by atoms with Crippen LogP contribution in [0.15, 0.2) is 18.2 Å². The van der Waals surface area contributed by atoms with Crippen LogP contribution in [0.3, 0.4) is 0 Å². The summed E-state index contributed by atoms with van der Waals surface area (Å²) in [6.07, 6.45) is -0.339. The molecule has 1 rings (SSSR count). The largest absolute Gasteiger partial charge is 0.393 e. The van der Waals surface area contributed by atoms with E-state index in [0.29, 0.717) is 5.56 Å². The molecule has 3 heteroatoms. The molecule has 0 aliphatic carbocycles.